The van der Waals surface area contributed by atoms with E-state index in [1.54, 1.807) is 6.08 Å². The molecule has 0 aromatic heterocycles. The average Bonchev–Trinajstić information content (AvgIpc) is 3.81. The highest BCUT2D eigenvalue weighted by atomic mass is 16.7. The summed E-state index contributed by atoms with van der Waals surface area (Å²) in [7, 11) is 0. The van der Waals surface area contributed by atoms with Crippen molar-refractivity contribution in [1.82, 2.24) is 15.5 Å². The van der Waals surface area contributed by atoms with Crippen LogP contribution in [0.1, 0.15) is 78.1 Å². The molecular weight excluding hydrogens is 714 g/mol. The van der Waals surface area contributed by atoms with E-state index in [-0.39, 0.29) is 86.4 Å². The first-order valence-electron chi connectivity index (χ1n) is 19.8. The number of ether oxygens (including phenoxy) is 4. The van der Waals surface area contributed by atoms with Crippen molar-refractivity contribution in [1.29, 1.82) is 0 Å². The number of allylic oxidation sites excluding steroid dienone is 1. The lowest BCUT2D eigenvalue weighted by molar-refractivity contribution is -0.262. The molecule has 3 saturated carbocycles. The Hall–Kier alpha value is -3.47. The second kappa shape index (κ2) is 15.8. The summed E-state index contributed by atoms with van der Waals surface area (Å²) in [6.45, 7) is 5.22. The van der Waals surface area contributed by atoms with Crippen molar-refractivity contribution in [3.63, 3.8) is 0 Å². The van der Waals surface area contributed by atoms with Crippen LogP contribution in [0.25, 0.3) is 0 Å². The summed E-state index contributed by atoms with van der Waals surface area (Å²) in [4.78, 5) is 60.6. The Kier molecular flexibility index (Phi) is 11.4. The number of nitrogens with zero attached hydrogens (tertiary/aromatic N) is 1. The molecule has 11 atom stereocenters. The zero-order valence-corrected chi connectivity index (χ0v) is 31.7. The van der Waals surface area contributed by atoms with Gasteiger partial charge in [0.25, 0.3) is 11.8 Å². The van der Waals surface area contributed by atoms with Crippen LogP contribution >= 0.6 is 0 Å². The van der Waals surface area contributed by atoms with E-state index in [9.17, 15) is 39.3 Å². The molecule has 15 nitrogen and oxygen atoms in total. The van der Waals surface area contributed by atoms with Crippen LogP contribution in [-0.2, 0) is 42.9 Å². The van der Waals surface area contributed by atoms with Gasteiger partial charge in [0.1, 0.15) is 18.8 Å². The van der Waals surface area contributed by atoms with E-state index in [1.165, 1.54) is 5.57 Å². The maximum Gasteiger partial charge on any atom is 0.331 e. The fourth-order valence-corrected chi connectivity index (χ4v) is 10.9. The van der Waals surface area contributed by atoms with Crippen molar-refractivity contribution in [2.45, 2.75) is 114 Å². The minimum Gasteiger partial charge on any atom is -0.458 e. The van der Waals surface area contributed by atoms with Crippen LogP contribution in [0.3, 0.4) is 0 Å². The minimum absolute atomic E-state index is 0.00914. The quantitative estimate of drug-likeness (QED) is 0.0768. The van der Waals surface area contributed by atoms with Crippen LogP contribution in [0.2, 0.25) is 0 Å². The van der Waals surface area contributed by atoms with Gasteiger partial charge in [-0.25, -0.2) is 4.79 Å². The Morgan fingerprint density at radius 3 is 2.47 bits per heavy atom. The average molecular weight is 770 g/mol. The van der Waals surface area contributed by atoms with Crippen molar-refractivity contribution < 1.29 is 58.2 Å². The highest BCUT2D eigenvalue weighted by molar-refractivity contribution is 6.13. The smallest absolute Gasteiger partial charge is 0.331 e. The van der Waals surface area contributed by atoms with Gasteiger partial charge in [0.05, 0.1) is 37.6 Å². The Labute approximate surface area is 320 Å². The Bertz CT molecular complexity index is 1630. The fourth-order valence-electron chi connectivity index (χ4n) is 10.9. The van der Waals surface area contributed by atoms with Gasteiger partial charge in [-0.3, -0.25) is 24.1 Å². The maximum atomic E-state index is 12.6. The summed E-state index contributed by atoms with van der Waals surface area (Å²) >= 11 is 0. The number of amides is 4. The molecule has 7 rings (SSSR count). The third-order valence-corrected chi connectivity index (χ3v) is 14.0. The number of carbonyl (C=O) groups excluding carboxylic acids is 5. The van der Waals surface area contributed by atoms with E-state index in [2.05, 4.69) is 30.6 Å². The fraction of sp³-hybridized carbons (Fsp3) is 0.725. The number of aliphatic hydroxyl groups excluding tert-OH is 2. The van der Waals surface area contributed by atoms with E-state index in [0.29, 0.717) is 18.9 Å². The molecule has 4 fully saturated rings. The molecular formula is C40H55N3O12. The zero-order valence-electron chi connectivity index (χ0n) is 31.7. The van der Waals surface area contributed by atoms with E-state index in [1.807, 2.05) is 0 Å². The van der Waals surface area contributed by atoms with Crippen molar-refractivity contribution >= 4 is 29.6 Å². The monoisotopic (exact) mass is 769 g/mol. The van der Waals surface area contributed by atoms with Gasteiger partial charge in [-0.15, -0.1) is 0 Å². The number of imide groups is 1. The molecule has 0 aromatic rings. The highest BCUT2D eigenvalue weighted by Crippen LogP contribution is 2.69. The topological polar surface area (TPSA) is 210 Å². The number of fused-ring (bicyclic) bond motifs is 5. The van der Waals surface area contributed by atoms with Crippen LogP contribution in [0.5, 0.6) is 0 Å². The summed E-state index contributed by atoms with van der Waals surface area (Å²) in [5.41, 5.74) is 1.16. The molecule has 55 heavy (non-hydrogen) atoms. The molecule has 5 N–H and O–H groups in total. The number of rotatable bonds is 13. The third kappa shape index (κ3) is 7.55. The van der Waals surface area contributed by atoms with Crippen LogP contribution in [0.4, 0.5) is 0 Å². The molecule has 302 valence electrons. The number of esters is 1. The predicted molar refractivity (Wildman–Crippen MR) is 193 cm³/mol. The Morgan fingerprint density at radius 1 is 0.945 bits per heavy atom. The molecule has 15 heteroatoms. The zero-order chi connectivity index (χ0) is 39.1. The van der Waals surface area contributed by atoms with Crippen molar-refractivity contribution in [3.05, 3.63) is 35.5 Å². The molecule has 0 spiro atoms. The van der Waals surface area contributed by atoms with Gasteiger partial charge in [-0.05, 0) is 80.1 Å². The van der Waals surface area contributed by atoms with E-state index >= 15 is 0 Å². The molecule has 1 saturated heterocycles. The number of cyclic esters (lactones) is 1. The SMILES string of the molecule is C[C@]12CC[C@H](O[C@H]3OC[C@H](NC(=O)CCOCCNC(=O)CCN4C(=O)C=CC4=O)C(O)[C@@H]3O)C=C1CCC1C2CC[C@]2(C)[C@@H](C3=CC(=O)OC3)CC[C@]12O. The van der Waals surface area contributed by atoms with Gasteiger partial charge in [0.15, 0.2) is 6.29 Å². The predicted octanol–water partition coefficient (Wildman–Crippen LogP) is 0.950. The first-order chi connectivity index (χ1) is 26.2. The number of aliphatic hydroxyl groups is 3. The van der Waals surface area contributed by atoms with Crippen molar-refractivity contribution in [3.8, 4) is 0 Å². The van der Waals surface area contributed by atoms with E-state index < -0.39 is 47.9 Å². The number of carbonyl (C=O) groups is 5. The Morgan fingerprint density at radius 2 is 1.73 bits per heavy atom. The number of hydrogen-bond donors (Lipinski definition) is 5. The second-order valence-electron chi connectivity index (χ2n) is 16.9. The molecule has 4 aliphatic carbocycles. The molecule has 0 bridgehead atoms. The largest absolute Gasteiger partial charge is 0.458 e. The minimum atomic E-state index is -1.38. The van der Waals surface area contributed by atoms with Gasteiger partial charge in [0, 0.05) is 49.6 Å². The molecule has 0 radical (unpaired) electrons. The Balaban J connectivity index is 0.833. The van der Waals surface area contributed by atoms with Crippen LogP contribution in [0, 0.1) is 28.6 Å². The maximum absolute atomic E-state index is 12.6. The van der Waals surface area contributed by atoms with Crippen LogP contribution < -0.4 is 10.6 Å². The molecule has 3 unspecified atom stereocenters. The van der Waals surface area contributed by atoms with Gasteiger partial charge in [-0.2, -0.15) is 0 Å². The van der Waals surface area contributed by atoms with Crippen molar-refractivity contribution in [2.75, 3.05) is 39.5 Å². The second-order valence-corrected chi connectivity index (χ2v) is 16.9. The summed E-state index contributed by atoms with van der Waals surface area (Å²) in [5, 5.41) is 39.7. The van der Waals surface area contributed by atoms with Crippen molar-refractivity contribution in [2.24, 2.45) is 28.6 Å². The lowest BCUT2D eigenvalue weighted by Gasteiger charge is -2.62. The summed E-state index contributed by atoms with van der Waals surface area (Å²) in [5.74, 6) is -1.27. The number of hydrogen-bond acceptors (Lipinski definition) is 12. The molecule has 4 amide bonds. The molecule has 3 aliphatic heterocycles. The number of nitrogens with one attached hydrogen (secondary N) is 2. The normalized spacial score (nSPS) is 39.5. The first kappa shape index (κ1) is 39.8. The highest BCUT2D eigenvalue weighted by Gasteiger charge is 2.67. The molecule has 0 aromatic carbocycles. The van der Waals surface area contributed by atoms with E-state index in [0.717, 1.165) is 67.6 Å². The van der Waals surface area contributed by atoms with Gasteiger partial charge in [0.2, 0.25) is 11.8 Å². The van der Waals surface area contributed by atoms with Gasteiger partial charge < -0.3 is 44.9 Å². The van der Waals surface area contributed by atoms with Crippen LogP contribution in [0.15, 0.2) is 35.5 Å². The molecule has 7 aliphatic rings. The standard InChI is InChI=1S/C40H55N3O12/c1-38-12-7-25(20-24(38)3-4-28-27(38)8-13-39(2)26(9-14-40(28,39)51)23-19-34(48)53-21-23)55-37-36(50)35(49)29(22-54-37)42-31(45)11-17-52-18-15-41-30(44)10-16-43-32(46)5-6-33(43)47/h5-6,19-20,25-29,35-37,49-51H,3-4,7-18,21-22H2,1-2H3,(H,41,44)(H,42,45)/t25-,26+,27?,28?,29-,35?,36-,37+,38-,39+,40-/m0/s1. The van der Waals surface area contributed by atoms with Crippen LogP contribution in [-0.4, -0.2) is 126 Å². The molecule has 3 heterocycles. The first-order valence-corrected chi connectivity index (χ1v) is 19.8. The summed E-state index contributed by atoms with van der Waals surface area (Å²) in [6.07, 6.45) is 8.81. The lowest BCUT2D eigenvalue weighted by atomic mass is 9.45. The summed E-state index contributed by atoms with van der Waals surface area (Å²) < 4.78 is 22.8. The van der Waals surface area contributed by atoms with Gasteiger partial charge >= 0.3 is 5.97 Å². The third-order valence-electron chi connectivity index (χ3n) is 14.0. The van der Waals surface area contributed by atoms with Gasteiger partial charge in [-0.1, -0.05) is 25.5 Å². The lowest BCUT2D eigenvalue weighted by Crippen LogP contribution is -2.61. The summed E-state index contributed by atoms with van der Waals surface area (Å²) in [6, 6.07) is -0.842. The van der Waals surface area contributed by atoms with E-state index in [4.69, 9.17) is 18.9 Å².